The summed E-state index contributed by atoms with van der Waals surface area (Å²) in [5.41, 5.74) is 3.50. The lowest BCUT2D eigenvalue weighted by Crippen LogP contribution is -2.32. The Bertz CT molecular complexity index is 765. The van der Waals surface area contributed by atoms with Crippen LogP contribution in [0.25, 0.3) is 11.3 Å². The van der Waals surface area contributed by atoms with Crippen molar-refractivity contribution in [2.45, 2.75) is 40.2 Å². The summed E-state index contributed by atoms with van der Waals surface area (Å²) < 4.78 is 6.29. The molecule has 1 heterocycles. The van der Waals surface area contributed by atoms with E-state index in [1.807, 2.05) is 39.0 Å². The topological polar surface area (TPSA) is 61.2 Å². The molecule has 0 aliphatic carbocycles. The highest BCUT2D eigenvalue weighted by Crippen LogP contribution is 2.22. The van der Waals surface area contributed by atoms with Crippen molar-refractivity contribution in [1.29, 1.82) is 0 Å². The molecule has 0 saturated heterocycles. The van der Waals surface area contributed by atoms with Crippen LogP contribution in [0, 0.1) is 13.8 Å². The maximum Gasteiger partial charge on any atom is 0.331 e. The van der Waals surface area contributed by atoms with Crippen LogP contribution in [0.2, 0.25) is 0 Å². The van der Waals surface area contributed by atoms with Crippen molar-refractivity contribution in [3.8, 4) is 11.3 Å². The van der Waals surface area contributed by atoms with E-state index in [0.29, 0.717) is 12.1 Å². The number of aryl methyl sites for hydroxylation is 2. The van der Waals surface area contributed by atoms with Gasteiger partial charge in [0.2, 0.25) is 0 Å². The number of nitrogens with zero attached hydrogens (tertiary/aromatic N) is 2. The van der Waals surface area contributed by atoms with Crippen molar-refractivity contribution in [3.63, 3.8) is 0 Å². The van der Waals surface area contributed by atoms with Gasteiger partial charge in [0.1, 0.15) is 0 Å². The lowest BCUT2D eigenvalue weighted by Gasteiger charge is -2.16. The van der Waals surface area contributed by atoms with E-state index in [9.17, 15) is 9.59 Å². The number of ether oxygens (including phenoxy) is 1. The summed E-state index contributed by atoms with van der Waals surface area (Å²) in [7, 11) is 0. The van der Waals surface area contributed by atoms with Gasteiger partial charge in [-0.1, -0.05) is 24.6 Å². The molecule has 0 spiro atoms. The third-order valence-electron chi connectivity index (χ3n) is 3.73. The monoisotopic (exact) mass is 314 g/mol. The third kappa shape index (κ3) is 3.67. The lowest BCUT2D eigenvalue weighted by molar-refractivity contribution is -0.147. The van der Waals surface area contributed by atoms with Crippen LogP contribution < -0.4 is 5.56 Å². The highest BCUT2D eigenvalue weighted by Gasteiger charge is 2.22. The Hall–Kier alpha value is -2.43. The van der Waals surface area contributed by atoms with Crippen LogP contribution in [0.3, 0.4) is 0 Å². The average molecular weight is 314 g/mol. The van der Waals surface area contributed by atoms with Crippen molar-refractivity contribution in [3.05, 3.63) is 51.8 Å². The van der Waals surface area contributed by atoms with E-state index in [0.717, 1.165) is 16.7 Å². The van der Waals surface area contributed by atoms with Crippen molar-refractivity contribution in [2.24, 2.45) is 0 Å². The summed E-state index contributed by atoms with van der Waals surface area (Å²) in [5.74, 6) is -0.428. The van der Waals surface area contributed by atoms with Crippen molar-refractivity contribution in [2.75, 3.05) is 6.61 Å². The molecule has 5 nitrogen and oxygen atoms in total. The first-order valence-corrected chi connectivity index (χ1v) is 7.82. The van der Waals surface area contributed by atoms with Crippen LogP contribution in [-0.4, -0.2) is 22.4 Å². The number of hydrogen-bond acceptors (Lipinski definition) is 4. The van der Waals surface area contributed by atoms with Crippen LogP contribution in [0.5, 0.6) is 0 Å². The number of aromatic nitrogens is 2. The summed E-state index contributed by atoms with van der Waals surface area (Å²) in [6, 6.07) is 8.52. The van der Waals surface area contributed by atoms with Gasteiger partial charge in [-0.05, 0) is 44.9 Å². The Morgan fingerprint density at radius 2 is 1.96 bits per heavy atom. The smallest absolute Gasteiger partial charge is 0.331 e. The van der Waals surface area contributed by atoms with Crippen LogP contribution in [-0.2, 0) is 9.53 Å². The number of benzene rings is 1. The molecule has 23 heavy (non-hydrogen) atoms. The zero-order chi connectivity index (χ0) is 17.0. The fourth-order valence-electron chi connectivity index (χ4n) is 2.48. The number of carbonyl (C=O) groups excluding carboxylic acids is 1. The molecule has 1 atom stereocenters. The molecule has 0 saturated carbocycles. The SMILES string of the molecule is CCOC(=O)[C@H](CC)n1nc(-c2cc(C)ccc2C)ccc1=O. The number of rotatable bonds is 5. The summed E-state index contributed by atoms with van der Waals surface area (Å²) in [6.07, 6.45) is 0.446. The maximum absolute atomic E-state index is 12.2. The van der Waals surface area contributed by atoms with E-state index in [2.05, 4.69) is 5.10 Å². The highest BCUT2D eigenvalue weighted by atomic mass is 16.5. The second-order valence-corrected chi connectivity index (χ2v) is 5.50. The van der Waals surface area contributed by atoms with Gasteiger partial charge in [-0.2, -0.15) is 5.10 Å². The largest absolute Gasteiger partial charge is 0.464 e. The molecule has 1 aromatic heterocycles. The molecule has 0 radical (unpaired) electrons. The first-order chi connectivity index (χ1) is 11.0. The van der Waals surface area contributed by atoms with Crippen LogP contribution in [0.1, 0.15) is 37.4 Å². The minimum absolute atomic E-state index is 0.279. The minimum Gasteiger partial charge on any atom is -0.464 e. The molecule has 5 heteroatoms. The van der Waals surface area contributed by atoms with Gasteiger partial charge < -0.3 is 4.74 Å². The third-order valence-corrected chi connectivity index (χ3v) is 3.73. The first kappa shape index (κ1) is 16.9. The molecule has 0 fully saturated rings. The Kier molecular flexibility index (Phi) is 5.32. The standard InChI is InChI=1S/C18H22N2O3/c1-5-16(18(22)23-6-2)20-17(21)10-9-15(19-20)14-11-12(3)7-8-13(14)4/h7-11,16H,5-6H2,1-4H3/t16-/m0/s1. The van der Waals surface area contributed by atoms with Gasteiger partial charge in [0, 0.05) is 11.6 Å². The predicted octanol–water partition coefficient (Wildman–Crippen LogP) is 3.04. The van der Waals surface area contributed by atoms with Crippen LogP contribution in [0.15, 0.2) is 35.1 Å². The number of hydrogen-bond donors (Lipinski definition) is 0. The van der Waals surface area contributed by atoms with Gasteiger partial charge in [-0.15, -0.1) is 0 Å². The molecule has 0 N–H and O–H groups in total. The molecule has 0 aliphatic rings. The quantitative estimate of drug-likeness (QED) is 0.796. The minimum atomic E-state index is -0.701. The van der Waals surface area contributed by atoms with Gasteiger partial charge in [0.25, 0.3) is 5.56 Å². The summed E-state index contributed by atoms with van der Waals surface area (Å²) in [6.45, 7) is 7.86. The van der Waals surface area contributed by atoms with E-state index in [-0.39, 0.29) is 12.2 Å². The fraction of sp³-hybridized carbons (Fsp3) is 0.389. The summed E-state index contributed by atoms with van der Waals surface area (Å²) >= 11 is 0. The second-order valence-electron chi connectivity index (χ2n) is 5.50. The highest BCUT2D eigenvalue weighted by molar-refractivity contribution is 5.74. The Morgan fingerprint density at radius 3 is 2.61 bits per heavy atom. The lowest BCUT2D eigenvalue weighted by atomic mass is 10.0. The number of carbonyl (C=O) groups is 1. The molecule has 0 amide bonds. The van der Waals surface area contributed by atoms with E-state index in [1.54, 1.807) is 13.0 Å². The van der Waals surface area contributed by atoms with E-state index in [4.69, 9.17) is 4.74 Å². The van der Waals surface area contributed by atoms with Crippen molar-refractivity contribution >= 4 is 5.97 Å². The summed E-state index contributed by atoms with van der Waals surface area (Å²) in [4.78, 5) is 24.2. The van der Waals surface area contributed by atoms with E-state index < -0.39 is 12.0 Å². The maximum atomic E-state index is 12.2. The van der Waals surface area contributed by atoms with Gasteiger partial charge in [-0.3, -0.25) is 4.79 Å². The second kappa shape index (κ2) is 7.22. The van der Waals surface area contributed by atoms with Gasteiger partial charge in [0.05, 0.1) is 12.3 Å². The van der Waals surface area contributed by atoms with Crippen LogP contribution in [0.4, 0.5) is 0 Å². The summed E-state index contributed by atoms with van der Waals surface area (Å²) in [5, 5.41) is 4.42. The number of esters is 1. The molecular weight excluding hydrogens is 292 g/mol. The van der Waals surface area contributed by atoms with Crippen molar-refractivity contribution in [1.82, 2.24) is 9.78 Å². The van der Waals surface area contributed by atoms with Crippen LogP contribution >= 0.6 is 0 Å². The molecular formula is C18H22N2O3. The normalized spacial score (nSPS) is 12.0. The van der Waals surface area contributed by atoms with E-state index in [1.165, 1.54) is 10.7 Å². The Balaban J connectivity index is 2.52. The molecule has 2 aromatic rings. The Morgan fingerprint density at radius 1 is 1.22 bits per heavy atom. The molecule has 2 rings (SSSR count). The average Bonchev–Trinajstić information content (AvgIpc) is 2.52. The molecule has 0 unspecified atom stereocenters. The van der Waals surface area contributed by atoms with Gasteiger partial charge >= 0.3 is 5.97 Å². The van der Waals surface area contributed by atoms with E-state index >= 15 is 0 Å². The molecule has 1 aromatic carbocycles. The molecule has 0 aliphatic heterocycles. The van der Waals surface area contributed by atoms with Gasteiger partial charge in [0.15, 0.2) is 6.04 Å². The Labute approximate surface area is 135 Å². The van der Waals surface area contributed by atoms with Crippen molar-refractivity contribution < 1.29 is 9.53 Å². The molecule has 0 bridgehead atoms. The first-order valence-electron chi connectivity index (χ1n) is 7.82. The fourth-order valence-corrected chi connectivity index (χ4v) is 2.48. The van der Waals surface area contributed by atoms with Gasteiger partial charge in [-0.25, -0.2) is 9.48 Å². The zero-order valence-corrected chi connectivity index (χ0v) is 14.0. The zero-order valence-electron chi connectivity index (χ0n) is 14.0. The molecule has 122 valence electrons. The predicted molar refractivity (Wildman–Crippen MR) is 89.4 cm³/mol.